The molecule has 4 amide bonds. The number of carbonyl (C=O) groups excluding carboxylic acids is 3. The van der Waals surface area contributed by atoms with Gasteiger partial charge in [0.2, 0.25) is 12.5 Å². The van der Waals surface area contributed by atoms with Gasteiger partial charge in [0.1, 0.15) is 0 Å². The average molecular weight is 230 g/mol. The maximum Gasteiger partial charge on any atom is 0.334 e. The first-order valence-electron chi connectivity index (χ1n) is 4.22. The summed E-state index contributed by atoms with van der Waals surface area (Å²) in [5, 5.41) is -0.888. The molecule has 1 saturated heterocycles. The van der Waals surface area contributed by atoms with Gasteiger partial charge in [0.05, 0.1) is 6.42 Å². The summed E-state index contributed by atoms with van der Waals surface area (Å²) in [5.41, 5.74) is 0. The fraction of sp³-hybridized carbons (Fsp3) is 0.500. The van der Waals surface area contributed by atoms with E-state index in [0.717, 1.165) is 9.80 Å². The molecule has 1 heterocycles. The largest absolute Gasteiger partial charge is 0.334 e. The maximum absolute atomic E-state index is 11.4. The van der Waals surface area contributed by atoms with E-state index in [4.69, 9.17) is 18.2 Å². The molecule has 0 atom stereocenters. The first kappa shape index (κ1) is 11.5. The molecule has 0 aliphatic carbocycles. The molecule has 7 heteroatoms. The van der Waals surface area contributed by atoms with Gasteiger partial charge >= 0.3 is 11.4 Å². The highest BCUT2D eigenvalue weighted by molar-refractivity contribution is 6.64. The average Bonchev–Trinajstić information content (AvgIpc) is 2.56. The van der Waals surface area contributed by atoms with Gasteiger partial charge in [-0.3, -0.25) is 14.5 Å². The van der Waals surface area contributed by atoms with E-state index in [1.165, 1.54) is 0 Å². The van der Waals surface area contributed by atoms with E-state index in [0.29, 0.717) is 0 Å². The molecule has 0 saturated carbocycles. The van der Waals surface area contributed by atoms with Crippen LogP contribution in [0.1, 0.15) is 6.42 Å². The molecular formula is C8H8ClN3O3. The van der Waals surface area contributed by atoms with Gasteiger partial charge in [-0.2, -0.15) is 0 Å². The standard InChI is InChI=1S/C8H8ClN3O3/c1-10-3-2-6(13)11-4-5-12(7(9)14)8(11)15/h2-5H2. The van der Waals surface area contributed by atoms with E-state index in [1.54, 1.807) is 0 Å². The number of nitrogens with zero attached hydrogens (tertiary/aromatic N) is 3. The molecule has 80 valence electrons. The first-order valence-corrected chi connectivity index (χ1v) is 4.60. The highest BCUT2D eigenvalue weighted by atomic mass is 35.5. The summed E-state index contributed by atoms with van der Waals surface area (Å²) in [6, 6.07) is -0.704. The Labute approximate surface area is 91.2 Å². The van der Waals surface area contributed by atoms with Gasteiger partial charge in [-0.1, -0.05) is 0 Å². The Morgan fingerprint density at radius 2 is 2.00 bits per heavy atom. The SMILES string of the molecule is [C-]#[N+]CCC(=O)N1CCN(C(=O)Cl)C1=O. The number of rotatable bonds is 2. The van der Waals surface area contributed by atoms with Crippen molar-refractivity contribution in [1.29, 1.82) is 0 Å². The first-order chi connectivity index (χ1) is 7.07. The van der Waals surface area contributed by atoms with Crippen LogP contribution in [0.2, 0.25) is 0 Å². The third-order valence-electron chi connectivity index (χ3n) is 1.96. The van der Waals surface area contributed by atoms with Crippen molar-refractivity contribution in [2.75, 3.05) is 19.6 Å². The summed E-state index contributed by atoms with van der Waals surface area (Å²) >= 11 is 5.13. The Kier molecular flexibility index (Phi) is 3.63. The van der Waals surface area contributed by atoms with Crippen molar-refractivity contribution in [3.05, 3.63) is 11.4 Å². The van der Waals surface area contributed by atoms with Crippen LogP contribution >= 0.6 is 11.6 Å². The smallest absolute Gasteiger partial charge is 0.316 e. The summed E-state index contributed by atoms with van der Waals surface area (Å²) in [5.74, 6) is -0.448. The zero-order valence-electron chi connectivity index (χ0n) is 7.77. The number of hydrogen-bond donors (Lipinski definition) is 0. The number of urea groups is 1. The monoisotopic (exact) mass is 229 g/mol. The zero-order chi connectivity index (χ0) is 11.4. The quantitative estimate of drug-likeness (QED) is 0.402. The topological polar surface area (TPSA) is 62.1 Å². The lowest BCUT2D eigenvalue weighted by atomic mass is 10.4. The van der Waals surface area contributed by atoms with E-state index >= 15 is 0 Å². The van der Waals surface area contributed by atoms with Crippen molar-refractivity contribution in [1.82, 2.24) is 9.80 Å². The molecular weight excluding hydrogens is 222 g/mol. The summed E-state index contributed by atoms with van der Waals surface area (Å²) in [6.07, 6.45) is -0.0143. The third kappa shape index (κ3) is 2.44. The number of hydrogen-bond acceptors (Lipinski definition) is 3. The fourth-order valence-corrected chi connectivity index (χ4v) is 1.37. The minimum atomic E-state index is -0.888. The molecule has 0 aromatic heterocycles. The highest BCUT2D eigenvalue weighted by Gasteiger charge is 2.35. The van der Waals surface area contributed by atoms with E-state index in [9.17, 15) is 14.4 Å². The minimum Gasteiger partial charge on any atom is -0.316 e. The summed E-state index contributed by atoms with van der Waals surface area (Å²) in [4.78, 5) is 38.2. The molecule has 1 aliphatic rings. The highest BCUT2D eigenvalue weighted by Crippen LogP contribution is 2.12. The van der Waals surface area contributed by atoms with Crippen LogP contribution in [0.25, 0.3) is 4.85 Å². The lowest BCUT2D eigenvalue weighted by molar-refractivity contribution is -0.127. The van der Waals surface area contributed by atoms with Gasteiger partial charge in [-0.25, -0.2) is 16.3 Å². The Bertz CT molecular complexity index is 350. The van der Waals surface area contributed by atoms with Crippen molar-refractivity contribution in [3.8, 4) is 0 Å². The van der Waals surface area contributed by atoms with Gasteiger partial charge in [-0.15, -0.1) is 0 Å². The summed E-state index contributed by atoms with van der Waals surface area (Å²) in [6.45, 7) is 6.81. The Hall–Kier alpha value is -1.61. The molecule has 0 radical (unpaired) electrons. The number of halogens is 1. The molecule has 1 fully saturated rings. The predicted octanol–water partition coefficient (Wildman–Crippen LogP) is 0.919. The van der Waals surface area contributed by atoms with Crippen molar-refractivity contribution >= 4 is 28.9 Å². The van der Waals surface area contributed by atoms with Gasteiger partial charge in [0.25, 0.3) is 0 Å². The van der Waals surface area contributed by atoms with E-state index in [-0.39, 0.29) is 26.1 Å². The van der Waals surface area contributed by atoms with E-state index in [2.05, 4.69) is 4.85 Å². The Morgan fingerprint density at radius 1 is 1.40 bits per heavy atom. The molecule has 0 aromatic carbocycles. The molecule has 6 nitrogen and oxygen atoms in total. The molecule has 0 unspecified atom stereocenters. The van der Waals surface area contributed by atoms with Crippen LogP contribution in [0.15, 0.2) is 0 Å². The number of carbonyl (C=O) groups is 3. The molecule has 0 spiro atoms. The third-order valence-corrected chi connectivity index (χ3v) is 2.16. The second-order valence-corrected chi connectivity index (χ2v) is 3.19. The number of amides is 4. The van der Waals surface area contributed by atoms with Crippen LogP contribution < -0.4 is 0 Å². The molecule has 0 aromatic rings. The molecule has 0 bridgehead atoms. The van der Waals surface area contributed by atoms with Gasteiger partial charge in [0.15, 0.2) is 0 Å². The minimum absolute atomic E-state index is 0.0143. The van der Waals surface area contributed by atoms with Crippen molar-refractivity contribution in [3.63, 3.8) is 0 Å². The predicted molar refractivity (Wildman–Crippen MR) is 51.2 cm³/mol. The van der Waals surface area contributed by atoms with Crippen LogP contribution in [0, 0.1) is 6.57 Å². The maximum atomic E-state index is 11.4. The molecule has 15 heavy (non-hydrogen) atoms. The van der Waals surface area contributed by atoms with E-state index in [1.807, 2.05) is 0 Å². The lowest BCUT2D eigenvalue weighted by Crippen LogP contribution is -2.37. The van der Waals surface area contributed by atoms with Crippen LogP contribution in [-0.4, -0.2) is 46.7 Å². The summed E-state index contributed by atoms with van der Waals surface area (Å²) in [7, 11) is 0. The van der Waals surface area contributed by atoms with Crippen molar-refractivity contribution < 1.29 is 14.4 Å². The van der Waals surface area contributed by atoms with Crippen LogP contribution in [0.5, 0.6) is 0 Å². The fourth-order valence-electron chi connectivity index (χ4n) is 1.22. The second-order valence-electron chi connectivity index (χ2n) is 2.86. The Balaban J connectivity index is 2.60. The van der Waals surface area contributed by atoms with Crippen LogP contribution in [0.4, 0.5) is 9.59 Å². The van der Waals surface area contributed by atoms with Gasteiger partial charge in [0, 0.05) is 13.1 Å². The lowest BCUT2D eigenvalue weighted by Gasteiger charge is -2.12. The molecule has 1 aliphatic heterocycles. The van der Waals surface area contributed by atoms with Crippen LogP contribution in [-0.2, 0) is 4.79 Å². The molecule has 1 rings (SSSR count). The number of imide groups is 2. The van der Waals surface area contributed by atoms with Crippen LogP contribution in [0.3, 0.4) is 0 Å². The van der Waals surface area contributed by atoms with Gasteiger partial charge < -0.3 is 4.85 Å². The van der Waals surface area contributed by atoms with Crippen molar-refractivity contribution in [2.24, 2.45) is 0 Å². The van der Waals surface area contributed by atoms with Gasteiger partial charge in [-0.05, 0) is 11.6 Å². The summed E-state index contributed by atoms with van der Waals surface area (Å²) < 4.78 is 0. The normalized spacial score (nSPS) is 15.3. The van der Waals surface area contributed by atoms with E-state index < -0.39 is 17.3 Å². The molecule has 0 N–H and O–H groups in total. The zero-order valence-corrected chi connectivity index (χ0v) is 8.53. The van der Waals surface area contributed by atoms with Crippen molar-refractivity contribution in [2.45, 2.75) is 6.42 Å². The Morgan fingerprint density at radius 3 is 2.47 bits per heavy atom. The second kappa shape index (κ2) is 4.75.